The Balaban J connectivity index is 2.40. The van der Waals surface area contributed by atoms with Crippen LogP contribution in [0.25, 0.3) is 0 Å². The monoisotopic (exact) mass is 245 g/mol. The van der Waals surface area contributed by atoms with Crippen LogP contribution in [0.2, 0.25) is 0 Å². The summed E-state index contributed by atoms with van der Waals surface area (Å²) in [5, 5.41) is 1.95. The van der Waals surface area contributed by atoms with Crippen LogP contribution >= 0.6 is 11.3 Å². The Labute approximate surface area is 105 Å². The number of hydrogen-bond donors (Lipinski definition) is 1. The van der Waals surface area contributed by atoms with E-state index >= 15 is 0 Å². The number of ketones is 1. The zero-order valence-corrected chi connectivity index (χ0v) is 10.6. The molecule has 0 fully saturated rings. The Bertz CT molecular complexity index is 531. The van der Waals surface area contributed by atoms with Gasteiger partial charge in [0.05, 0.1) is 0 Å². The van der Waals surface area contributed by atoms with Gasteiger partial charge in [-0.05, 0) is 36.9 Å². The highest BCUT2D eigenvalue weighted by molar-refractivity contribution is 7.10. The molecule has 0 amide bonds. The summed E-state index contributed by atoms with van der Waals surface area (Å²) < 4.78 is 0. The van der Waals surface area contributed by atoms with Gasteiger partial charge in [0.1, 0.15) is 0 Å². The van der Waals surface area contributed by atoms with Gasteiger partial charge in [-0.15, -0.1) is 11.3 Å². The van der Waals surface area contributed by atoms with Gasteiger partial charge in [0.25, 0.3) is 0 Å². The van der Waals surface area contributed by atoms with Gasteiger partial charge in [0.2, 0.25) is 0 Å². The fourth-order valence-corrected chi connectivity index (χ4v) is 2.58. The summed E-state index contributed by atoms with van der Waals surface area (Å²) >= 11 is 1.60. The number of thiophene rings is 1. The first kappa shape index (κ1) is 12.0. The molecule has 0 aliphatic carbocycles. The number of rotatable bonds is 4. The van der Waals surface area contributed by atoms with Crippen LogP contribution in [0, 0.1) is 6.92 Å². The first-order chi connectivity index (χ1) is 8.24. The van der Waals surface area contributed by atoms with Crippen LogP contribution in [0.1, 0.15) is 26.4 Å². The molecule has 0 bridgehead atoms. The van der Waals surface area contributed by atoms with Crippen molar-refractivity contribution in [1.82, 2.24) is 0 Å². The summed E-state index contributed by atoms with van der Waals surface area (Å²) in [4.78, 5) is 13.5. The number of carbonyl (C=O) groups excluding carboxylic acids is 1. The highest BCUT2D eigenvalue weighted by Crippen LogP contribution is 2.21. The largest absolute Gasteiger partial charge is 0.330 e. The Kier molecular flexibility index (Phi) is 3.71. The summed E-state index contributed by atoms with van der Waals surface area (Å²) in [6.07, 6.45) is 0.741. The van der Waals surface area contributed by atoms with Crippen molar-refractivity contribution in [2.24, 2.45) is 5.73 Å². The molecule has 2 aromatic rings. The van der Waals surface area contributed by atoms with Crippen molar-refractivity contribution in [2.75, 3.05) is 6.54 Å². The molecule has 17 heavy (non-hydrogen) atoms. The lowest BCUT2D eigenvalue weighted by atomic mass is 9.97. The van der Waals surface area contributed by atoms with Gasteiger partial charge in [-0.1, -0.05) is 24.3 Å². The highest BCUT2D eigenvalue weighted by Gasteiger charge is 2.15. The smallest absolute Gasteiger partial charge is 0.194 e. The first-order valence-corrected chi connectivity index (χ1v) is 6.48. The molecule has 0 aliphatic heterocycles. The standard InChI is InChI=1S/C14H15NOS/c1-10-12(7-9-17-10)14(16)13-5-3-2-4-11(13)6-8-15/h2-5,7,9H,6,8,15H2,1H3. The van der Waals surface area contributed by atoms with Gasteiger partial charge in [0, 0.05) is 16.0 Å². The minimum Gasteiger partial charge on any atom is -0.330 e. The molecule has 1 aromatic heterocycles. The quantitative estimate of drug-likeness (QED) is 0.842. The van der Waals surface area contributed by atoms with E-state index in [1.807, 2.05) is 42.6 Å². The third kappa shape index (κ3) is 2.46. The molecule has 2 N–H and O–H groups in total. The van der Waals surface area contributed by atoms with Gasteiger partial charge in [-0.25, -0.2) is 0 Å². The van der Waals surface area contributed by atoms with E-state index in [-0.39, 0.29) is 5.78 Å². The van der Waals surface area contributed by atoms with Crippen LogP contribution in [0.5, 0.6) is 0 Å². The zero-order valence-electron chi connectivity index (χ0n) is 9.77. The molecule has 0 saturated heterocycles. The zero-order chi connectivity index (χ0) is 12.3. The summed E-state index contributed by atoms with van der Waals surface area (Å²) in [5.74, 6) is 0.104. The lowest BCUT2D eigenvalue weighted by molar-refractivity contribution is 0.103. The van der Waals surface area contributed by atoms with Gasteiger partial charge in [0.15, 0.2) is 5.78 Å². The summed E-state index contributed by atoms with van der Waals surface area (Å²) in [5.41, 5.74) is 8.18. The van der Waals surface area contributed by atoms with Gasteiger partial charge in [-0.2, -0.15) is 0 Å². The molecule has 0 saturated carbocycles. The number of aryl methyl sites for hydroxylation is 1. The lowest BCUT2D eigenvalue weighted by Crippen LogP contribution is -2.09. The van der Waals surface area contributed by atoms with Crippen molar-refractivity contribution in [3.63, 3.8) is 0 Å². The normalized spacial score (nSPS) is 10.5. The maximum atomic E-state index is 12.4. The maximum absolute atomic E-state index is 12.4. The third-order valence-corrected chi connectivity index (χ3v) is 3.62. The van der Waals surface area contributed by atoms with Crippen LogP contribution in [-0.2, 0) is 6.42 Å². The molecule has 0 aliphatic rings. The molecule has 0 spiro atoms. The summed E-state index contributed by atoms with van der Waals surface area (Å²) in [7, 11) is 0. The third-order valence-electron chi connectivity index (χ3n) is 2.78. The molecule has 2 rings (SSSR count). The predicted octanol–water partition coefficient (Wildman–Crippen LogP) is 2.79. The molecular formula is C14H15NOS. The predicted molar refractivity (Wildman–Crippen MR) is 71.7 cm³/mol. The second kappa shape index (κ2) is 5.25. The average Bonchev–Trinajstić information content (AvgIpc) is 2.76. The molecule has 2 nitrogen and oxygen atoms in total. The molecule has 3 heteroatoms. The van der Waals surface area contributed by atoms with Crippen molar-refractivity contribution >= 4 is 17.1 Å². The topological polar surface area (TPSA) is 43.1 Å². The van der Waals surface area contributed by atoms with Gasteiger partial charge < -0.3 is 5.73 Å². The van der Waals surface area contributed by atoms with Crippen molar-refractivity contribution < 1.29 is 4.79 Å². The van der Waals surface area contributed by atoms with Crippen molar-refractivity contribution in [2.45, 2.75) is 13.3 Å². The minimum absolute atomic E-state index is 0.104. The van der Waals surface area contributed by atoms with Crippen LogP contribution < -0.4 is 5.73 Å². The number of hydrogen-bond acceptors (Lipinski definition) is 3. The lowest BCUT2D eigenvalue weighted by Gasteiger charge is -2.07. The van der Waals surface area contributed by atoms with E-state index in [0.29, 0.717) is 6.54 Å². The fraction of sp³-hybridized carbons (Fsp3) is 0.214. The molecule has 1 heterocycles. The van der Waals surface area contributed by atoms with Crippen molar-refractivity contribution in [3.05, 3.63) is 57.3 Å². The van der Waals surface area contributed by atoms with E-state index in [9.17, 15) is 4.79 Å². The van der Waals surface area contributed by atoms with E-state index in [1.54, 1.807) is 11.3 Å². The molecular weight excluding hydrogens is 230 g/mol. The number of carbonyl (C=O) groups is 1. The van der Waals surface area contributed by atoms with E-state index in [0.717, 1.165) is 28.0 Å². The van der Waals surface area contributed by atoms with E-state index in [1.165, 1.54) is 0 Å². The Morgan fingerprint density at radius 3 is 2.65 bits per heavy atom. The second-order valence-electron chi connectivity index (χ2n) is 3.92. The van der Waals surface area contributed by atoms with Crippen LogP contribution in [0.3, 0.4) is 0 Å². The van der Waals surface area contributed by atoms with Crippen LogP contribution in [0.4, 0.5) is 0 Å². The molecule has 0 atom stereocenters. The molecule has 0 radical (unpaired) electrons. The van der Waals surface area contributed by atoms with E-state index < -0.39 is 0 Å². The van der Waals surface area contributed by atoms with Crippen molar-refractivity contribution in [1.29, 1.82) is 0 Å². The van der Waals surface area contributed by atoms with Crippen LogP contribution in [0.15, 0.2) is 35.7 Å². The highest BCUT2D eigenvalue weighted by atomic mass is 32.1. The Morgan fingerprint density at radius 2 is 2.00 bits per heavy atom. The number of benzene rings is 1. The SMILES string of the molecule is Cc1sccc1C(=O)c1ccccc1CCN. The Morgan fingerprint density at radius 1 is 1.24 bits per heavy atom. The first-order valence-electron chi connectivity index (χ1n) is 5.61. The molecule has 88 valence electrons. The molecule has 0 unspecified atom stereocenters. The average molecular weight is 245 g/mol. The molecule has 1 aromatic carbocycles. The fourth-order valence-electron chi connectivity index (χ4n) is 1.88. The van der Waals surface area contributed by atoms with E-state index in [2.05, 4.69) is 0 Å². The summed E-state index contributed by atoms with van der Waals surface area (Å²) in [6.45, 7) is 2.54. The minimum atomic E-state index is 0.104. The second-order valence-corrected chi connectivity index (χ2v) is 5.04. The van der Waals surface area contributed by atoms with E-state index in [4.69, 9.17) is 5.73 Å². The van der Waals surface area contributed by atoms with Gasteiger partial charge >= 0.3 is 0 Å². The van der Waals surface area contributed by atoms with Gasteiger partial charge in [-0.3, -0.25) is 4.79 Å². The van der Waals surface area contributed by atoms with Crippen molar-refractivity contribution in [3.8, 4) is 0 Å². The Hall–Kier alpha value is -1.45. The van der Waals surface area contributed by atoms with Crippen LogP contribution in [-0.4, -0.2) is 12.3 Å². The maximum Gasteiger partial charge on any atom is 0.194 e. The summed E-state index contributed by atoms with van der Waals surface area (Å²) in [6, 6.07) is 9.59. The number of nitrogens with two attached hydrogens (primary N) is 1.